The second-order valence-corrected chi connectivity index (χ2v) is 10.5. The molecule has 0 spiro atoms. The van der Waals surface area contributed by atoms with Gasteiger partial charge in [-0.15, -0.1) is 0 Å². The lowest BCUT2D eigenvalue weighted by Gasteiger charge is -2.42. The van der Waals surface area contributed by atoms with E-state index in [9.17, 15) is 37.3 Å². The van der Waals surface area contributed by atoms with E-state index in [-0.39, 0.29) is 33.5 Å². The second kappa shape index (κ2) is 11.2. The lowest BCUT2D eigenvalue weighted by atomic mass is 9.92. The van der Waals surface area contributed by atoms with Gasteiger partial charge in [-0.05, 0) is 49.7 Å². The topological polar surface area (TPSA) is 118 Å². The number of alkyl halides is 3. The number of aliphatic hydroxyl groups is 3. The summed E-state index contributed by atoms with van der Waals surface area (Å²) < 4.78 is 77.8. The summed E-state index contributed by atoms with van der Waals surface area (Å²) in [4.78, 5) is 4.20. The van der Waals surface area contributed by atoms with Crippen molar-refractivity contribution in [3.8, 4) is 16.8 Å². The molecule has 1 saturated heterocycles. The van der Waals surface area contributed by atoms with Gasteiger partial charge < -0.3 is 20.1 Å². The molecule has 1 fully saturated rings. The zero-order valence-electron chi connectivity index (χ0n) is 21.7. The molecule has 0 saturated carbocycles. The van der Waals surface area contributed by atoms with Gasteiger partial charge in [0.15, 0.2) is 5.82 Å². The Kier molecular flexibility index (Phi) is 8.06. The first kappa shape index (κ1) is 30.3. The predicted molar refractivity (Wildman–Crippen MR) is 139 cm³/mol. The highest BCUT2D eigenvalue weighted by Gasteiger charge is 2.49. The van der Waals surface area contributed by atoms with Gasteiger partial charge in [0, 0.05) is 16.8 Å². The molecule has 1 aliphatic rings. The van der Waals surface area contributed by atoms with Gasteiger partial charge in [-0.2, -0.15) is 23.4 Å². The van der Waals surface area contributed by atoms with Crippen LogP contribution in [0.25, 0.3) is 16.8 Å². The number of rotatable bonds is 5. The highest BCUT2D eigenvalue weighted by atomic mass is 35.5. The second-order valence-electron chi connectivity index (χ2n) is 9.70. The molecule has 5 atom stereocenters. The molecule has 9 nitrogen and oxygen atoms in total. The van der Waals surface area contributed by atoms with Crippen LogP contribution in [-0.2, 0) is 10.9 Å². The van der Waals surface area contributed by atoms with Crippen LogP contribution in [0.1, 0.15) is 35.1 Å². The number of aromatic nitrogens is 5. The number of hydrogen-bond donors (Lipinski definition) is 3. The highest BCUT2D eigenvalue weighted by Crippen LogP contribution is 2.41. The smallest absolute Gasteiger partial charge is 0.394 e. The van der Waals surface area contributed by atoms with Crippen LogP contribution in [0.15, 0.2) is 36.5 Å². The van der Waals surface area contributed by atoms with Crippen LogP contribution in [-0.4, -0.2) is 64.8 Å². The minimum atomic E-state index is -4.81. The van der Waals surface area contributed by atoms with Crippen LogP contribution < -0.4 is 0 Å². The average Bonchev–Trinajstić information content (AvgIpc) is 3.48. The summed E-state index contributed by atoms with van der Waals surface area (Å²) in [5.41, 5.74) is -1.02. The van der Waals surface area contributed by atoms with E-state index < -0.39 is 71.1 Å². The molecule has 2 aromatic carbocycles. The van der Waals surface area contributed by atoms with Crippen LogP contribution in [0, 0.1) is 25.5 Å². The lowest BCUT2D eigenvalue weighted by molar-refractivity contribution is -0.210. The Hall–Kier alpha value is -3.14. The van der Waals surface area contributed by atoms with Gasteiger partial charge in [0.25, 0.3) is 0 Å². The zero-order chi connectivity index (χ0) is 30.7. The highest BCUT2D eigenvalue weighted by molar-refractivity contribution is 6.31. The van der Waals surface area contributed by atoms with Crippen LogP contribution in [0.5, 0.6) is 0 Å². The van der Waals surface area contributed by atoms with Crippen LogP contribution >= 0.6 is 23.2 Å². The summed E-state index contributed by atoms with van der Waals surface area (Å²) >= 11 is 11.6. The summed E-state index contributed by atoms with van der Waals surface area (Å²) in [7, 11) is 0. The molecule has 1 aliphatic heterocycles. The van der Waals surface area contributed by atoms with Crippen molar-refractivity contribution in [2.24, 2.45) is 0 Å². The monoisotopic (exact) mass is 633 g/mol. The SMILES string of the molecule is Cc1nc([C@@H]2OC(CO)[C@H](O)C(n3cc(-c4cc(F)c(Cl)c(F)c4)c(C)n3)[C@@H]2O)n(-c2cc(Cl)ccc2C(F)(F)F)n1. The molecule has 3 N–H and O–H groups in total. The molecule has 0 bridgehead atoms. The number of benzene rings is 2. The number of aliphatic hydroxyl groups excluding tert-OH is 3. The average molecular weight is 634 g/mol. The predicted octanol–water partition coefficient (Wildman–Crippen LogP) is 4.75. The van der Waals surface area contributed by atoms with E-state index in [0.29, 0.717) is 0 Å². The van der Waals surface area contributed by atoms with Crippen molar-refractivity contribution >= 4 is 23.2 Å². The molecule has 42 heavy (non-hydrogen) atoms. The first-order chi connectivity index (χ1) is 19.7. The molecular weight excluding hydrogens is 612 g/mol. The maximum Gasteiger partial charge on any atom is 0.418 e. The van der Waals surface area contributed by atoms with Gasteiger partial charge in [-0.25, -0.2) is 18.4 Å². The van der Waals surface area contributed by atoms with Gasteiger partial charge in [0.2, 0.25) is 0 Å². The van der Waals surface area contributed by atoms with Gasteiger partial charge in [0.05, 0.1) is 23.6 Å². The molecule has 0 radical (unpaired) electrons. The zero-order valence-corrected chi connectivity index (χ0v) is 23.2. The number of aryl methyl sites for hydroxylation is 2. The van der Waals surface area contributed by atoms with Crippen molar-refractivity contribution in [3.05, 3.63) is 81.1 Å². The minimum absolute atomic E-state index is 0.0288. The number of nitrogens with zero attached hydrogens (tertiary/aromatic N) is 5. The van der Waals surface area contributed by atoms with E-state index in [1.165, 1.54) is 20.0 Å². The number of halogens is 7. The molecular formula is C26H22Cl2F5N5O4. The molecule has 2 aromatic heterocycles. The lowest BCUT2D eigenvalue weighted by Crippen LogP contribution is -2.53. The largest absolute Gasteiger partial charge is 0.418 e. The Bertz CT molecular complexity index is 1620. The summed E-state index contributed by atoms with van der Waals surface area (Å²) in [6.07, 6.45) is -9.67. The molecule has 0 aliphatic carbocycles. The van der Waals surface area contributed by atoms with Gasteiger partial charge in [-0.3, -0.25) is 4.68 Å². The van der Waals surface area contributed by atoms with Crippen molar-refractivity contribution < 1.29 is 42.0 Å². The maximum absolute atomic E-state index is 14.2. The van der Waals surface area contributed by atoms with Crippen molar-refractivity contribution in [1.29, 1.82) is 0 Å². The fourth-order valence-electron chi connectivity index (χ4n) is 4.97. The van der Waals surface area contributed by atoms with Crippen LogP contribution in [0.4, 0.5) is 22.0 Å². The summed E-state index contributed by atoms with van der Waals surface area (Å²) in [6, 6.07) is 3.49. The Labute approximate surface area is 244 Å². The fourth-order valence-corrected chi connectivity index (χ4v) is 5.24. The maximum atomic E-state index is 14.2. The first-order valence-corrected chi connectivity index (χ1v) is 13.1. The summed E-state index contributed by atoms with van der Waals surface area (Å²) in [5.74, 6) is -2.27. The molecule has 3 heterocycles. The van der Waals surface area contributed by atoms with Gasteiger partial charge >= 0.3 is 6.18 Å². The van der Waals surface area contributed by atoms with E-state index in [1.807, 2.05) is 0 Å². The van der Waals surface area contributed by atoms with E-state index in [2.05, 4.69) is 15.2 Å². The number of ether oxygens (including phenoxy) is 1. The van der Waals surface area contributed by atoms with Crippen LogP contribution in [0.3, 0.4) is 0 Å². The third-order valence-electron chi connectivity index (χ3n) is 6.90. The Morgan fingerprint density at radius 3 is 2.29 bits per heavy atom. The van der Waals surface area contributed by atoms with Crippen molar-refractivity contribution in [2.75, 3.05) is 6.61 Å². The summed E-state index contributed by atoms with van der Waals surface area (Å²) in [5, 5.41) is 40.2. The Morgan fingerprint density at radius 2 is 1.67 bits per heavy atom. The Morgan fingerprint density at radius 1 is 1.00 bits per heavy atom. The standard InChI is InChI=1S/C26H22Cl2F5N5O4/c1-10-14(12-5-16(29)20(28)17(30)6-12)8-37(35-10)21-22(40)19(9-39)42-24(23(21)41)25-34-11(2)36-38(25)18-7-13(27)3-4-15(18)26(31,32)33/h3-8,19,21-24,39-41H,9H2,1-2H3/t19?,21?,22-,23-,24+/m0/s1. The van der Waals surface area contributed by atoms with E-state index in [1.54, 1.807) is 0 Å². The van der Waals surface area contributed by atoms with E-state index in [0.717, 1.165) is 39.7 Å². The quantitative estimate of drug-likeness (QED) is 0.214. The normalized spacial score (nSPS) is 23.0. The summed E-state index contributed by atoms with van der Waals surface area (Å²) in [6.45, 7) is 2.18. The van der Waals surface area contributed by atoms with Crippen molar-refractivity contribution in [3.63, 3.8) is 0 Å². The molecule has 224 valence electrons. The van der Waals surface area contributed by atoms with Gasteiger partial charge in [0.1, 0.15) is 52.9 Å². The first-order valence-electron chi connectivity index (χ1n) is 12.3. The van der Waals surface area contributed by atoms with E-state index in [4.69, 9.17) is 27.9 Å². The fraction of sp³-hybridized carbons (Fsp3) is 0.346. The third kappa shape index (κ3) is 5.38. The molecule has 2 unspecified atom stereocenters. The third-order valence-corrected chi connectivity index (χ3v) is 7.49. The molecule has 4 aromatic rings. The molecule has 16 heteroatoms. The minimum Gasteiger partial charge on any atom is -0.394 e. The van der Waals surface area contributed by atoms with E-state index >= 15 is 0 Å². The van der Waals surface area contributed by atoms with Crippen LogP contribution in [0.2, 0.25) is 10.0 Å². The van der Waals surface area contributed by atoms with Crippen molar-refractivity contribution in [1.82, 2.24) is 24.5 Å². The van der Waals surface area contributed by atoms with Gasteiger partial charge in [-0.1, -0.05) is 23.2 Å². The Balaban J connectivity index is 1.61. The number of hydrogen-bond acceptors (Lipinski definition) is 7. The van der Waals surface area contributed by atoms with Crippen molar-refractivity contribution in [2.45, 2.75) is 50.5 Å². The molecule has 0 amide bonds. The molecule has 5 rings (SSSR count).